The molecule has 0 radical (unpaired) electrons. The number of nitrogens with two attached hydrogens (primary N) is 1. The number of aliphatic hydroxyl groups excluding tert-OH is 1. The summed E-state index contributed by atoms with van der Waals surface area (Å²) in [7, 11) is 0. The summed E-state index contributed by atoms with van der Waals surface area (Å²) in [6.45, 7) is 4.44. The monoisotopic (exact) mass is 257 g/mol. The van der Waals surface area contributed by atoms with Gasteiger partial charge in [0.2, 0.25) is 0 Å². The maximum atomic E-state index is 9.98. The molecule has 2 atom stereocenters. The minimum atomic E-state index is -0.491. The first-order valence-corrected chi connectivity index (χ1v) is 5.49. The van der Waals surface area contributed by atoms with Crippen LogP contribution in [0.3, 0.4) is 0 Å². The van der Waals surface area contributed by atoms with Gasteiger partial charge < -0.3 is 10.8 Å². The first kappa shape index (κ1) is 11.7. The molecule has 1 aromatic carbocycles. The Morgan fingerprint density at radius 2 is 2.14 bits per heavy atom. The number of aliphatic hydroxyl groups is 1. The van der Waals surface area contributed by atoms with Crippen LogP contribution in [0.1, 0.15) is 24.2 Å². The molecule has 0 aliphatic rings. The van der Waals surface area contributed by atoms with Crippen molar-refractivity contribution in [2.45, 2.75) is 20.0 Å². The highest BCUT2D eigenvalue weighted by molar-refractivity contribution is 9.10. The van der Waals surface area contributed by atoms with Crippen LogP contribution in [0.25, 0.3) is 0 Å². The lowest BCUT2D eigenvalue weighted by Gasteiger charge is -2.19. The number of aryl methyl sites for hydroxylation is 1. The van der Waals surface area contributed by atoms with Crippen molar-refractivity contribution in [2.75, 3.05) is 6.54 Å². The Morgan fingerprint density at radius 3 is 2.71 bits per heavy atom. The molecular weight excluding hydrogens is 242 g/mol. The Bertz CT molecular complexity index is 314. The highest BCUT2D eigenvalue weighted by Gasteiger charge is 2.17. The predicted octanol–water partition coefficient (Wildman–Crippen LogP) is 2.39. The Kier molecular flexibility index (Phi) is 4.11. The second-order valence-corrected chi connectivity index (χ2v) is 4.54. The normalized spacial score (nSPS) is 15.2. The van der Waals surface area contributed by atoms with Crippen LogP contribution in [0, 0.1) is 12.8 Å². The minimum absolute atomic E-state index is 0.0769. The zero-order valence-electron chi connectivity index (χ0n) is 8.50. The van der Waals surface area contributed by atoms with Crippen LogP contribution >= 0.6 is 15.9 Å². The summed E-state index contributed by atoms with van der Waals surface area (Å²) in [4.78, 5) is 0. The first-order chi connectivity index (χ1) is 6.56. The van der Waals surface area contributed by atoms with Gasteiger partial charge >= 0.3 is 0 Å². The van der Waals surface area contributed by atoms with Gasteiger partial charge in [-0.25, -0.2) is 0 Å². The van der Waals surface area contributed by atoms with E-state index in [1.54, 1.807) is 0 Å². The van der Waals surface area contributed by atoms with Gasteiger partial charge in [-0.05, 0) is 31.0 Å². The van der Waals surface area contributed by atoms with Crippen molar-refractivity contribution >= 4 is 15.9 Å². The van der Waals surface area contributed by atoms with Gasteiger partial charge in [0.25, 0.3) is 0 Å². The van der Waals surface area contributed by atoms with Crippen LogP contribution in [0.2, 0.25) is 0 Å². The third-order valence-electron chi connectivity index (χ3n) is 2.38. The topological polar surface area (TPSA) is 46.2 Å². The van der Waals surface area contributed by atoms with E-state index in [0.717, 1.165) is 15.6 Å². The number of hydrogen-bond donors (Lipinski definition) is 2. The third kappa shape index (κ3) is 2.56. The van der Waals surface area contributed by atoms with E-state index in [9.17, 15) is 5.11 Å². The summed E-state index contributed by atoms with van der Waals surface area (Å²) in [5.74, 6) is 0.0769. The van der Waals surface area contributed by atoms with Crippen molar-refractivity contribution in [3.8, 4) is 0 Å². The molecule has 0 aliphatic heterocycles. The maximum absolute atomic E-state index is 9.98. The highest BCUT2D eigenvalue weighted by Crippen LogP contribution is 2.28. The Balaban J connectivity index is 2.99. The summed E-state index contributed by atoms with van der Waals surface area (Å²) in [5, 5.41) is 9.98. The lowest BCUT2D eigenvalue weighted by Crippen LogP contribution is -2.19. The molecule has 1 aromatic rings. The average Bonchev–Trinajstić information content (AvgIpc) is 2.19. The maximum Gasteiger partial charge on any atom is 0.0838 e. The Morgan fingerprint density at radius 1 is 1.50 bits per heavy atom. The van der Waals surface area contributed by atoms with Gasteiger partial charge in [0.1, 0.15) is 0 Å². The summed E-state index contributed by atoms with van der Waals surface area (Å²) >= 11 is 3.43. The van der Waals surface area contributed by atoms with Crippen LogP contribution in [0.4, 0.5) is 0 Å². The minimum Gasteiger partial charge on any atom is -0.388 e. The quantitative estimate of drug-likeness (QED) is 0.874. The summed E-state index contributed by atoms with van der Waals surface area (Å²) < 4.78 is 0.941. The molecule has 2 unspecified atom stereocenters. The van der Waals surface area contributed by atoms with E-state index in [0.29, 0.717) is 6.54 Å². The van der Waals surface area contributed by atoms with Crippen LogP contribution < -0.4 is 5.73 Å². The van der Waals surface area contributed by atoms with Gasteiger partial charge in [-0.15, -0.1) is 0 Å². The van der Waals surface area contributed by atoms with Gasteiger partial charge in [0.05, 0.1) is 6.10 Å². The molecule has 0 spiro atoms. The van der Waals surface area contributed by atoms with Crippen molar-refractivity contribution in [2.24, 2.45) is 11.7 Å². The van der Waals surface area contributed by atoms with E-state index in [-0.39, 0.29) is 5.92 Å². The molecule has 0 aliphatic carbocycles. The lowest BCUT2D eigenvalue weighted by atomic mass is 9.96. The van der Waals surface area contributed by atoms with E-state index in [2.05, 4.69) is 15.9 Å². The molecule has 0 fully saturated rings. The molecule has 3 heteroatoms. The first-order valence-electron chi connectivity index (χ1n) is 4.70. The number of halogens is 1. The van der Waals surface area contributed by atoms with Crippen molar-refractivity contribution in [3.63, 3.8) is 0 Å². The molecule has 0 aromatic heterocycles. The zero-order valence-corrected chi connectivity index (χ0v) is 10.1. The van der Waals surface area contributed by atoms with Crippen molar-refractivity contribution in [3.05, 3.63) is 33.8 Å². The van der Waals surface area contributed by atoms with E-state index >= 15 is 0 Å². The second-order valence-electron chi connectivity index (χ2n) is 3.68. The number of benzene rings is 1. The van der Waals surface area contributed by atoms with E-state index in [1.165, 1.54) is 0 Å². The second kappa shape index (κ2) is 4.91. The highest BCUT2D eigenvalue weighted by atomic mass is 79.9. The van der Waals surface area contributed by atoms with Gasteiger partial charge in [-0.2, -0.15) is 0 Å². The molecule has 0 saturated heterocycles. The summed E-state index contributed by atoms with van der Waals surface area (Å²) in [6, 6.07) is 5.95. The SMILES string of the molecule is Cc1ccc(Br)c(C(O)C(C)CN)c1. The van der Waals surface area contributed by atoms with E-state index in [4.69, 9.17) is 5.73 Å². The Labute approximate surface area is 93.3 Å². The van der Waals surface area contributed by atoms with Crippen LogP contribution in [0.15, 0.2) is 22.7 Å². The van der Waals surface area contributed by atoms with Crippen LogP contribution in [-0.2, 0) is 0 Å². The number of rotatable bonds is 3. The lowest BCUT2D eigenvalue weighted by molar-refractivity contribution is 0.121. The molecule has 2 nitrogen and oxygen atoms in total. The zero-order chi connectivity index (χ0) is 10.7. The van der Waals surface area contributed by atoms with Gasteiger partial charge in [-0.1, -0.05) is 40.5 Å². The van der Waals surface area contributed by atoms with Gasteiger partial charge in [0, 0.05) is 4.47 Å². The predicted molar refractivity (Wildman–Crippen MR) is 62.1 cm³/mol. The van der Waals surface area contributed by atoms with Crippen molar-refractivity contribution in [1.82, 2.24) is 0 Å². The van der Waals surface area contributed by atoms with Crippen molar-refractivity contribution < 1.29 is 5.11 Å². The molecule has 0 amide bonds. The number of hydrogen-bond acceptors (Lipinski definition) is 2. The fourth-order valence-electron chi connectivity index (χ4n) is 1.33. The molecular formula is C11H16BrNO. The molecule has 0 bridgehead atoms. The summed E-state index contributed by atoms with van der Waals surface area (Å²) in [5.41, 5.74) is 7.59. The standard InChI is InChI=1S/C11H16BrNO/c1-7-3-4-10(12)9(5-7)11(14)8(2)6-13/h3-5,8,11,14H,6,13H2,1-2H3. The van der Waals surface area contributed by atoms with E-state index < -0.39 is 6.10 Å². The molecule has 14 heavy (non-hydrogen) atoms. The molecule has 0 heterocycles. The molecule has 78 valence electrons. The third-order valence-corrected chi connectivity index (χ3v) is 3.10. The average molecular weight is 258 g/mol. The Hall–Kier alpha value is -0.380. The summed E-state index contributed by atoms with van der Waals surface area (Å²) in [6.07, 6.45) is -0.491. The van der Waals surface area contributed by atoms with Crippen LogP contribution in [-0.4, -0.2) is 11.7 Å². The van der Waals surface area contributed by atoms with Gasteiger partial charge in [0.15, 0.2) is 0 Å². The van der Waals surface area contributed by atoms with Gasteiger partial charge in [-0.3, -0.25) is 0 Å². The smallest absolute Gasteiger partial charge is 0.0838 e. The van der Waals surface area contributed by atoms with E-state index in [1.807, 2.05) is 32.0 Å². The fourth-order valence-corrected chi connectivity index (χ4v) is 1.81. The largest absolute Gasteiger partial charge is 0.388 e. The fraction of sp³-hybridized carbons (Fsp3) is 0.455. The van der Waals surface area contributed by atoms with Crippen molar-refractivity contribution in [1.29, 1.82) is 0 Å². The van der Waals surface area contributed by atoms with Crippen LogP contribution in [0.5, 0.6) is 0 Å². The molecule has 0 saturated carbocycles. The molecule has 1 rings (SSSR count). The molecule has 3 N–H and O–H groups in total.